The van der Waals surface area contributed by atoms with Gasteiger partial charge in [0.2, 0.25) is 5.91 Å². The second kappa shape index (κ2) is 11.4. The molecule has 3 heterocycles. The number of aromatic nitrogens is 1. The molecular formula is C30H38N4O4. The zero-order valence-corrected chi connectivity index (χ0v) is 22.7. The van der Waals surface area contributed by atoms with Crippen LogP contribution in [0.4, 0.5) is 10.5 Å². The third-order valence-electron chi connectivity index (χ3n) is 7.73. The number of carbonyl (C=O) groups excluding carboxylic acids is 2. The Kier molecular flexibility index (Phi) is 7.77. The highest BCUT2D eigenvalue weighted by molar-refractivity contribution is 5.94. The van der Waals surface area contributed by atoms with Crippen molar-refractivity contribution in [2.45, 2.75) is 51.6 Å². The van der Waals surface area contributed by atoms with Gasteiger partial charge in [-0.05, 0) is 49.1 Å². The zero-order chi connectivity index (χ0) is 26.6. The van der Waals surface area contributed by atoms with Gasteiger partial charge in [0.1, 0.15) is 6.04 Å². The van der Waals surface area contributed by atoms with Crippen LogP contribution in [-0.2, 0) is 11.3 Å². The number of carbonyl (C=O) groups is 2. The molecule has 2 aromatic carbocycles. The maximum atomic E-state index is 13.6. The molecule has 2 saturated heterocycles. The Hall–Kier alpha value is -3.68. The summed E-state index contributed by atoms with van der Waals surface area (Å²) >= 11 is 0. The van der Waals surface area contributed by atoms with E-state index in [0.29, 0.717) is 37.7 Å². The van der Waals surface area contributed by atoms with E-state index in [2.05, 4.69) is 29.7 Å². The number of anilines is 1. The number of ether oxygens (including phenoxy) is 2. The fourth-order valence-electron chi connectivity index (χ4n) is 5.58. The van der Waals surface area contributed by atoms with Gasteiger partial charge in [0.15, 0.2) is 11.5 Å². The van der Waals surface area contributed by atoms with Crippen LogP contribution in [0.2, 0.25) is 0 Å². The second-order valence-corrected chi connectivity index (χ2v) is 10.2. The van der Waals surface area contributed by atoms with E-state index < -0.39 is 0 Å². The summed E-state index contributed by atoms with van der Waals surface area (Å²) in [7, 11) is 3.49. The van der Waals surface area contributed by atoms with E-state index >= 15 is 0 Å². The molecule has 0 N–H and O–H groups in total. The molecule has 2 fully saturated rings. The monoisotopic (exact) mass is 518 g/mol. The second-order valence-electron chi connectivity index (χ2n) is 10.2. The molecule has 0 unspecified atom stereocenters. The Bertz CT molecular complexity index is 1300. The molecule has 38 heavy (non-hydrogen) atoms. The first-order valence-corrected chi connectivity index (χ1v) is 13.7. The number of likely N-dealkylation sites (N-methyl/N-ethyl adjacent to an activating group) is 1. The molecule has 202 valence electrons. The Balaban J connectivity index is 1.34. The number of likely N-dealkylation sites (tertiary alicyclic amines) is 1. The first-order chi connectivity index (χ1) is 18.5. The minimum atomic E-state index is -0.159. The smallest absolute Gasteiger partial charge is 0.324 e. The SMILES string of the molecule is CCCCCOc1cc(N2CCCN(Cc3cccc4c3ccn4[C@H]3CCN(C)C3=O)C2=O)ccc1OC. The van der Waals surface area contributed by atoms with Gasteiger partial charge in [-0.1, -0.05) is 31.9 Å². The quantitative estimate of drug-likeness (QED) is 0.335. The van der Waals surface area contributed by atoms with Gasteiger partial charge in [-0.15, -0.1) is 0 Å². The number of hydrogen-bond donors (Lipinski definition) is 0. The number of hydrogen-bond acceptors (Lipinski definition) is 4. The van der Waals surface area contributed by atoms with Crippen LogP contribution in [0, 0.1) is 0 Å². The Labute approximate surface area is 224 Å². The molecule has 1 aromatic heterocycles. The summed E-state index contributed by atoms with van der Waals surface area (Å²) < 4.78 is 13.6. The lowest BCUT2D eigenvalue weighted by atomic mass is 10.1. The van der Waals surface area contributed by atoms with Crippen molar-refractivity contribution >= 4 is 28.5 Å². The predicted molar refractivity (Wildman–Crippen MR) is 149 cm³/mol. The summed E-state index contributed by atoms with van der Waals surface area (Å²) in [5.41, 5.74) is 2.95. The van der Waals surface area contributed by atoms with Crippen molar-refractivity contribution < 1.29 is 19.1 Å². The zero-order valence-electron chi connectivity index (χ0n) is 22.7. The van der Waals surface area contributed by atoms with E-state index in [9.17, 15) is 9.59 Å². The Morgan fingerprint density at radius 2 is 1.87 bits per heavy atom. The molecule has 3 aromatic rings. The van der Waals surface area contributed by atoms with Gasteiger partial charge in [-0.25, -0.2) is 4.79 Å². The first kappa shape index (κ1) is 25.9. The first-order valence-electron chi connectivity index (χ1n) is 13.7. The molecule has 0 radical (unpaired) electrons. The van der Waals surface area contributed by atoms with E-state index in [1.807, 2.05) is 47.3 Å². The van der Waals surface area contributed by atoms with Crippen LogP contribution in [0.25, 0.3) is 10.9 Å². The summed E-state index contributed by atoms with van der Waals surface area (Å²) in [6, 6.07) is 13.8. The number of fused-ring (bicyclic) bond motifs is 1. The number of unbranched alkanes of at least 4 members (excludes halogenated alkanes) is 2. The fourth-order valence-corrected chi connectivity index (χ4v) is 5.58. The summed E-state index contributed by atoms with van der Waals surface area (Å²) in [6.07, 6.45) is 6.94. The van der Waals surface area contributed by atoms with E-state index in [1.54, 1.807) is 12.0 Å². The number of benzene rings is 2. The average molecular weight is 519 g/mol. The lowest BCUT2D eigenvalue weighted by molar-refractivity contribution is -0.129. The van der Waals surface area contributed by atoms with Crippen molar-refractivity contribution in [3.05, 3.63) is 54.2 Å². The molecule has 0 spiro atoms. The highest BCUT2D eigenvalue weighted by Crippen LogP contribution is 2.34. The van der Waals surface area contributed by atoms with Gasteiger partial charge in [0, 0.05) is 62.1 Å². The average Bonchev–Trinajstić information content (AvgIpc) is 3.51. The minimum absolute atomic E-state index is 0.0117. The third-order valence-corrected chi connectivity index (χ3v) is 7.73. The molecule has 8 heteroatoms. The Morgan fingerprint density at radius 1 is 1.00 bits per heavy atom. The normalized spacial score (nSPS) is 18.1. The lowest BCUT2D eigenvalue weighted by Gasteiger charge is -2.36. The summed E-state index contributed by atoms with van der Waals surface area (Å²) in [5, 5.41) is 1.09. The molecule has 0 aliphatic carbocycles. The Morgan fingerprint density at radius 3 is 2.63 bits per heavy atom. The van der Waals surface area contributed by atoms with E-state index in [4.69, 9.17) is 9.47 Å². The van der Waals surface area contributed by atoms with Gasteiger partial charge in [0.05, 0.1) is 13.7 Å². The molecule has 1 atom stereocenters. The topological polar surface area (TPSA) is 67.2 Å². The van der Waals surface area contributed by atoms with Crippen LogP contribution in [0.3, 0.4) is 0 Å². The van der Waals surface area contributed by atoms with Crippen LogP contribution in [-0.4, -0.2) is 66.7 Å². The molecule has 2 aliphatic heterocycles. The van der Waals surface area contributed by atoms with Crippen LogP contribution in [0.1, 0.15) is 50.6 Å². The van der Waals surface area contributed by atoms with Crippen molar-refractivity contribution in [3.63, 3.8) is 0 Å². The van der Waals surface area contributed by atoms with Crippen molar-refractivity contribution in [1.29, 1.82) is 0 Å². The predicted octanol–water partition coefficient (Wildman–Crippen LogP) is 5.45. The highest BCUT2D eigenvalue weighted by Gasteiger charge is 2.32. The number of rotatable bonds is 10. The van der Waals surface area contributed by atoms with E-state index in [0.717, 1.165) is 60.8 Å². The molecule has 3 amide bonds. The van der Waals surface area contributed by atoms with Gasteiger partial charge in [0.25, 0.3) is 0 Å². The standard InChI is InChI=1S/C30H38N4O4/c1-4-5-6-19-38-28-20-23(11-12-27(28)37-3)33-16-8-15-32(30(33)36)21-22-9-7-10-25-24(22)13-18-34(25)26-14-17-31(2)29(26)35/h7,9-13,18,20,26H,4-6,8,14-17,19,21H2,1-3H3/t26-/m0/s1. The van der Waals surface area contributed by atoms with Crippen LogP contribution < -0.4 is 14.4 Å². The molecule has 5 rings (SSSR count). The maximum absolute atomic E-state index is 13.6. The van der Waals surface area contributed by atoms with Crippen molar-refractivity contribution in [2.75, 3.05) is 45.3 Å². The minimum Gasteiger partial charge on any atom is -0.493 e. The van der Waals surface area contributed by atoms with Crippen molar-refractivity contribution in [3.8, 4) is 11.5 Å². The van der Waals surface area contributed by atoms with Crippen LogP contribution in [0.15, 0.2) is 48.7 Å². The number of amides is 3. The van der Waals surface area contributed by atoms with Crippen LogP contribution >= 0.6 is 0 Å². The van der Waals surface area contributed by atoms with Gasteiger partial charge >= 0.3 is 6.03 Å². The van der Waals surface area contributed by atoms with Crippen molar-refractivity contribution in [1.82, 2.24) is 14.4 Å². The fraction of sp³-hybridized carbons (Fsp3) is 0.467. The number of urea groups is 1. The van der Waals surface area contributed by atoms with Gasteiger partial charge < -0.3 is 23.8 Å². The summed E-state index contributed by atoms with van der Waals surface area (Å²) in [6.45, 7) is 5.45. The molecule has 8 nitrogen and oxygen atoms in total. The van der Waals surface area contributed by atoms with Crippen LogP contribution in [0.5, 0.6) is 11.5 Å². The third kappa shape index (κ3) is 5.04. The molecular weight excluding hydrogens is 480 g/mol. The number of nitrogens with zero attached hydrogens (tertiary/aromatic N) is 4. The van der Waals surface area contributed by atoms with Crippen molar-refractivity contribution in [2.24, 2.45) is 0 Å². The largest absolute Gasteiger partial charge is 0.493 e. The highest BCUT2D eigenvalue weighted by atomic mass is 16.5. The van der Waals surface area contributed by atoms with Gasteiger partial charge in [-0.3, -0.25) is 9.69 Å². The molecule has 2 aliphatic rings. The van der Waals surface area contributed by atoms with E-state index in [-0.39, 0.29) is 18.0 Å². The molecule has 0 bridgehead atoms. The van der Waals surface area contributed by atoms with E-state index in [1.165, 1.54) is 0 Å². The maximum Gasteiger partial charge on any atom is 0.324 e. The summed E-state index contributed by atoms with van der Waals surface area (Å²) in [4.78, 5) is 31.8. The molecule has 0 saturated carbocycles. The lowest BCUT2D eigenvalue weighted by Crippen LogP contribution is -2.49. The van der Waals surface area contributed by atoms with Gasteiger partial charge in [-0.2, -0.15) is 0 Å². The number of methoxy groups -OCH3 is 1. The summed E-state index contributed by atoms with van der Waals surface area (Å²) in [5.74, 6) is 1.50.